The predicted molar refractivity (Wildman–Crippen MR) is 69.8 cm³/mol. The van der Waals surface area contributed by atoms with E-state index >= 15 is 0 Å². The van der Waals surface area contributed by atoms with Crippen molar-refractivity contribution in [2.45, 2.75) is 27.2 Å². The summed E-state index contributed by atoms with van der Waals surface area (Å²) >= 11 is 1.62. The lowest BCUT2D eigenvalue weighted by molar-refractivity contribution is 0.0992. The van der Waals surface area contributed by atoms with E-state index in [4.69, 9.17) is 0 Å². The van der Waals surface area contributed by atoms with Crippen LogP contribution < -0.4 is 0 Å². The van der Waals surface area contributed by atoms with Crippen LogP contribution in [0.3, 0.4) is 0 Å². The van der Waals surface area contributed by atoms with Gasteiger partial charge in [-0.2, -0.15) is 5.10 Å². The zero-order valence-electron chi connectivity index (χ0n) is 10.6. The number of hydrogen-bond acceptors (Lipinski definition) is 3. The summed E-state index contributed by atoms with van der Waals surface area (Å²) in [7, 11) is 1.91. The first-order chi connectivity index (χ1) is 8.00. The van der Waals surface area contributed by atoms with Crippen LogP contribution in [0.25, 0.3) is 0 Å². The topological polar surface area (TPSA) is 34.9 Å². The van der Waals surface area contributed by atoms with E-state index in [1.165, 1.54) is 0 Å². The number of carbonyl (C=O) groups excluding carboxylic acids is 1. The molecular formula is C13H16N2OS. The van der Waals surface area contributed by atoms with Crippen LogP contribution in [-0.4, -0.2) is 15.6 Å². The van der Waals surface area contributed by atoms with Crippen molar-refractivity contribution in [2.75, 3.05) is 0 Å². The van der Waals surface area contributed by atoms with Crippen LogP contribution in [0.1, 0.15) is 32.2 Å². The third-order valence-corrected chi connectivity index (χ3v) is 4.00. The largest absolute Gasteiger partial charge is 0.294 e. The van der Waals surface area contributed by atoms with Crippen molar-refractivity contribution in [3.8, 4) is 0 Å². The van der Waals surface area contributed by atoms with E-state index in [2.05, 4.69) is 5.10 Å². The lowest BCUT2D eigenvalue weighted by atomic mass is 10.0. The highest BCUT2D eigenvalue weighted by atomic mass is 32.1. The molecule has 0 aliphatic rings. The zero-order valence-corrected chi connectivity index (χ0v) is 11.4. The van der Waals surface area contributed by atoms with Gasteiger partial charge in [-0.1, -0.05) is 0 Å². The van der Waals surface area contributed by atoms with Crippen LogP contribution in [0.15, 0.2) is 11.4 Å². The average Bonchev–Trinajstić information content (AvgIpc) is 2.78. The van der Waals surface area contributed by atoms with Gasteiger partial charge in [-0.25, -0.2) is 0 Å². The smallest absolute Gasteiger partial charge is 0.168 e. The Labute approximate surface area is 105 Å². The average molecular weight is 248 g/mol. The Hall–Kier alpha value is -1.42. The van der Waals surface area contributed by atoms with Crippen molar-refractivity contribution >= 4 is 17.1 Å². The second-order valence-corrected chi connectivity index (χ2v) is 5.38. The van der Waals surface area contributed by atoms with Gasteiger partial charge < -0.3 is 0 Å². The van der Waals surface area contributed by atoms with Crippen LogP contribution >= 0.6 is 11.3 Å². The Kier molecular flexibility index (Phi) is 3.15. The summed E-state index contributed by atoms with van der Waals surface area (Å²) in [6.07, 6.45) is 0.447. The first-order valence-electron chi connectivity index (χ1n) is 5.57. The molecule has 90 valence electrons. The van der Waals surface area contributed by atoms with Crippen LogP contribution in [0.4, 0.5) is 0 Å². The zero-order chi connectivity index (χ0) is 12.6. The van der Waals surface area contributed by atoms with Gasteiger partial charge in [-0.3, -0.25) is 9.48 Å². The van der Waals surface area contributed by atoms with Crippen molar-refractivity contribution in [3.05, 3.63) is 38.8 Å². The number of ketones is 1. The minimum Gasteiger partial charge on any atom is -0.294 e. The molecule has 0 aromatic carbocycles. The molecule has 0 saturated heterocycles. The molecule has 2 aromatic rings. The van der Waals surface area contributed by atoms with E-state index in [0.717, 1.165) is 27.4 Å². The molecule has 0 N–H and O–H groups in total. The number of Topliss-reactive ketones (excluding diaryl/α,β-unsaturated/α-hetero) is 1. The molecule has 3 nitrogen and oxygen atoms in total. The highest BCUT2D eigenvalue weighted by Crippen LogP contribution is 2.20. The van der Waals surface area contributed by atoms with Crippen molar-refractivity contribution < 1.29 is 4.79 Å². The maximum atomic E-state index is 12.2. The van der Waals surface area contributed by atoms with Gasteiger partial charge in [-0.15, -0.1) is 11.3 Å². The summed E-state index contributed by atoms with van der Waals surface area (Å²) in [6, 6.07) is 1.91. The number of hydrogen-bond donors (Lipinski definition) is 0. The Balaban J connectivity index is 2.28. The van der Waals surface area contributed by atoms with E-state index < -0.39 is 0 Å². The van der Waals surface area contributed by atoms with Crippen molar-refractivity contribution in [1.29, 1.82) is 0 Å². The monoisotopic (exact) mass is 248 g/mol. The number of aromatic nitrogens is 2. The molecule has 2 rings (SSSR count). The minimum absolute atomic E-state index is 0.183. The van der Waals surface area contributed by atoms with Gasteiger partial charge in [0, 0.05) is 35.2 Å². The Morgan fingerprint density at radius 1 is 1.41 bits per heavy atom. The fourth-order valence-electron chi connectivity index (χ4n) is 2.00. The quantitative estimate of drug-likeness (QED) is 0.783. The molecule has 0 amide bonds. The molecule has 2 heterocycles. The Bertz CT molecular complexity index is 566. The van der Waals surface area contributed by atoms with Gasteiger partial charge in [0.25, 0.3) is 0 Å². The highest BCUT2D eigenvalue weighted by molar-refractivity contribution is 7.10. The summed E-state index contributed by atoms with van der Waals surface area (Å²) in [6.45, 7) is 5.94. The van der Waals surface area contributed by atoms with E-state index in [-0.39, 0.29) is 5.78 Å². The van der Waals surface area contributed by atoms with E-state index in [0.29, 0.717) is 6.42 Å². The number of thiophene rings is 1. The minimum atomic E-state index is 0.183. The van der Waals surface area contributed by atoms with E-state index in [1.54, 1.807) is 11.3 Å². The van der Waals surface area contributed by atoms with Gasteiger partial charge in [0.2, 0.25) is 0 Å². The van der Waals surface area contributed by atoms with Gasteiger partial charge in [0.15, 0.2) is 5.78 Å². The maximum absolute atomic E-state index is 12.2. The van der Waals surface area contributed by atoms with E-state index in [1.807, 2.05) is 43.9 Å². The molecule has 0 aliphatic carbocycles. The van der Waals surface area contributed by atoms with Crippen molar-refractivity contribution in [2.24, 2.45) is 7.05 Å². The maximum Gasteiger partial charge on any atom is 0.168 e. The van der Waals surface area contributed by atoms with Crippen LogP contribution in [0.5, 0.6) is 0 Å². The summed E-state index contributed by atoms with van der Waals surface area (Å²) in [5.74, 6) is 0.183. The van der Waals surface area contributed by atoms with Crippen LogP contribution in [-0.2, 0) is 13.5 Å². The second-order valence-electron chi connectivity index (χ2n) is 4.26. The summed E-state index contributed by atoms with van der Waals surface area (Å²) < 4.78 is 1.83. The van der Waals surface area contributed by atoms with Gasteiger partial charge in [0.05, 0.1) is 5.69 Å². The van der Waals surface area contributed by atoms with Gasteiger partial charge in [-0.05, 0) is 32.2 Å². The first-order valence-corrected chi connectivity index (χ1v) is 6.45. The molecule has 0 radical (unpaired) electrons. The molecule has 17 heavy (non-hydrogen) atoms. The number of nitrogens with zero attached hydrogens (tertiary/aromatic N) is 2. The molecular weight excluding hydrogens is 232 g/mol. The van der Waals surface area contributed by atoms with Crippen LogP contribution in [0, 0.1) is 20.8 Å². The van der Waals surface area contributed by atoms with E-state index in [9.17, 15) is 4.79 Å². The second kappa shape index (κ2) is 4.45. The van der Waals surface area contributed by atoms with Gasteiger partial charge in [0.1, 0.15) is 0 Å². The Morgan fingerprint density at radius 3 is 2.59 bits per heavy atom. The molecule has 0 fully saturated rings. The third kappa shape index (κ3) is 2.17. The fourth-order valence-corrected chi connectivity index (χ4v) is 2.72. The van der Waals surface area contributed by atoms with Crippen LogP contribution in [0.2, 0.25) is 0 Å². The third-order valence-electron chi connectivity index (χ3n) is 3.16. The molecule has 0 aliphatic heterocycles. The van der Waals surface area contributed by atoms with Crippen molar-refractivity contribution in [1.82, 2.24) is 9.78 Å². The SMILES string of the molecule is Cc1nn(C)c(C)c1CC(=O)c1ccsc1C. The molecule has 0 unspecified atom stereocenters. The lowest BCUT2D eigenvalue weighted by Gasteiger charge is -2.01. The molecule has 2 aromatic heterocycles. The number of carbonyl (C=O) groups is 1. The molecule has 0 bridgehead atoms. The number of rotatable bonds is 3. The first kappa shape index (κ1) is 12.0. The highest BCUT2D eigenvalue weighted by Gasteiger charge is 2.16. The fraction of sp³-hybridized carbons (Fsp3) is 0.385. The lowest BCUT2D eigenvalue weighted by Crippen LogP contribution is -2.05. The molecule has 0 atom stereocenters. The Morgan fingerprint density at radius 2 is 2.12 bits per heavy atom. The normalized spacial score (nSPS) is 10.8. The predicted octanol–water partition coefficient (Wildman–Crippen LogP) is 2.83. The van der Waals surface area contributed by atoms with Crippen molar-refractivity contribution in [3.63, 3.8) is 0 Å². The molecule has 4 heteroatoms. The molecule has 0 spiro atoms. The summed E-state index contributed by atoms with van der Waals surface area (Å²) in [5.41, 5.74) is 3.93. The summed E-state index contributed by atoms with van der Waals surface area (Å²) in [4.78, 5) is 13.3. The van der Waals surface area contributed by atoms with Gasteiger partial charge >= 0.3 is 0 Å². The standard InChI is InChI=1S/C13H16N2OS/c1-8-12(9(2)15(4)14-8)7-13(16)11-5-6-17-10(11)3/h5-6H,7H2,1-4H3. The number of aryl methyl sites for hydroxylation is 3. The molecule has 0 saturated carbocycles. The summed E-state index contributed by atoms with van der Waals surface area (Å²) in [5, 5.41) is 6.30.